The monoisotopic (exact) mass is 343 g/mol. The Morgan fingerprint density at radius 2 is 1.92 bits per heavy atom. The molecule has 0 spiro atoms. The van der Waals surface area contributed by atoms with Crippen LogP contribution in [0.25, 0.3) is 0 Å². The zero-order valence-corrected chi connectivity index (χ0v) is 15.0. The number of piperazine rings is 1. The molecule has 0 aliphatic carbocycles. The number of aromatic nitrogens is 4. The molecule has 1 N–H and O–H groups in total. The molecule has 134 valence electrons. The van der Waals surface area contributed by atoms with Crippen LogP contribution < -0.4 is 10.2 Å². The predicted octanol–water partition coefficient (Wildman–Crippen LogP) is 2.31. The number of hydrogen-bond acceptors (Lipinski definition) is 5. The maximum Gasteiger partial charge on any atom is 0.322 e. The Hall–Kier alpha value is -2.64. The molecular weight excluding hydrogens is 318 g/mol. The van der Waals surface area contributed by atoms with Crippen LogP contribution in [0, 0.1) is 6.92 Å². The maximum atomic E-state index is 12.5. The van der Waals surface area contributed by atoms with Crippen LogP contribution in [-0.2, 0) is 0 Å². The lowest BCUT2D eigenvalue weighted by Crippen LogP contribution is -2.50. The second kappa shape index (κ2) is 7.50. The van der Waals surface area contributed by atoms with Crippen molar-refractivity contribution >= 4 is 17.7 Å². The Labute approximate surface area is 147 Å². The molecule has 0 radical (unpaired) electrons. The van der Waals surface area contributed by atoms with Crippen molar-refractivity contribution in [3.63, 3.8) is 0 Å². The van der Waals surface area contributed by atoms with Gasteiger partial charge in [0, 0.05) is 44.6 Å². The molecule has 1 unspecified atom stereocenters. The van der Waals surface area contributed by atoms with Crippen LogP contribution in [0.3, 0.4) is 0 Å². The average molecular weight is 343 g/mol. The fourth-order valence-electron chi connectivity index (χ4n) is 2.92. The smallest absolute Gasteiger partial charge is 0.322 e. The standard InChI is InChI=1S/C17H25N7O/c1-4-13(2)24-14(3)15(12-20-24)21-17(25)23-10-8-22(9-11-23)16-18-6-5-7-19-16/h5-7,12-13H,4,8-11H2,1-3H3,(H,21,25). The van der Waals surface area contributed by atoms with Crippen LogP contribution >= 0.6 is 0 Å². The van der Waals surface area contributed by atoms with Crippen molar-refractivity contribution in [3.8, 4) is 0 Å². The summed E-state index contributed by atoms with van der Waals surface area (Å²) in [7, 11) is 0. The van der Waals surface area contributed by atoms with Gasteiger partial charge in [-0.05, 0) is 26.3 Å². The first kappa shape index (κ1) is 17.2. The van der Waals surface area contributed by atoms with E-state index in [1.54, 1.807) is 24.7 Å². The SMILES string of the molecule is CCC(C)n1ncc(NC(=O)N2CCN(c3ncccn3)CC2)c1C. The van der Waals surface area contributed by atoms with Crippen molar-refractivity contribution in [2.24, 2.45) is 0 Å². The maximum absolute atomic E-state index is 12.5. The Kier molecular flexibility index (Phi) is 5.16. The molecule has 8 heteroatoms. The molecule has 3 heterocycles. The molecule has 1 atom stereocenters. The molecule has 2 aromatic rings. The minimum atomic E-state index is -0.0829. The van der Waals surface area contributed by atoms with Gasteiger partial charge in [0.2, 0.25) is 5.95 Å². The van der Waals surface area contributed by atoms with E-state index >= 15 is 0 Å². The van der Waals surface area contributed by atoms with Gasteiger partial charge in [-0.25, -0.2) is 14.8 Å². The van der Waals surface area contributed by atoms with Gasteiger partial charge in [0.15, 0.2) is 0 Å². The highest BCUT2D eigenvalue weighted by Crippen LogP contribution is 2.20. The normalized spacial score (nSPS) is 16.0. The topological polar surface area (TPSA) is 79.2 Å². The summed E-state index contributed by atoms with van der Waals surface area (Å²) in [5, 5.41) is 7.38. The summed E-state index contributed by atoms with van der Waals surface area (Å²) in [4.78, 5) is 25.0. The first-order valence-corrected chi connectivity index (χ1v) is 8.72. The Balaban J connectivity index is 1.57. The molecular formula is C17H25N7O. The van der Waals surface area contributed by atoms with Gasteiger partial charge in [0.05, 0.1) is 17.6 Å². The predicted molar refractivity (Wildman–Crippen MR) is 96.8 cm³/mol. The first-order chi connectivity index (χ1) is 12.1. The summed E-state index contributed by atoms with van der Waals surface area (Å²) in [5.41, 5.74) is 1.76. The van der Waals surface area contributed by atoms with E-state index in [0.29, 0.717) is 25.1 Å². The van der Waals surface area contributed by atoms with Crippen LogP contribution in [-0.4, -0.2) is 56.9 Å². The van der Waals surface area contributed by atoms with Crippen molar-refractivity contribution in [3.05, 3.63) is 30.4 Å². The summed E-state index contributed by atoms with van der Waals surface area (Å²) >= 11 is 0. The number of rotatable bonds is 4. The molecule has 1 saturated heterocycles. The van der Waals surface area contributed by atoms with Gasteiger partial charge in [-0.1, -0.05) is 6.92 Å². The summed E-state index contributed by atoms with van der Waals surface area (Å²) in [5.74, 6) is 0.716. The minimum absolute atomic E-state index is 0.0829. The molecule has 2 aromatic heterocycles. The fraction of sp³-hybridized carbons (Fsp3) is 0.529. The van der Waals surface area contributed by atoms with Crippen LogP contribution in [0.1, 0.15) is 32.0 Å². The highest BCUT2D eigenvalue weighted by Gasteiger charge is 2.23. The van der Waals surface area contributed by atoms with Gasteiger partial charge in [-0.2, -0.15) is 5.10 Å². The quantitative estimate of drug-likeness (QED) is 0.921. The molecule has 2 amide bonds. The van der Waals surface area contributed by atoms with Crippen molar-refractivity contribution in [2.45, 2.75) is 33.2 Å². The number of nitrogens with one attached hydrogen (secondary N) is 1. The second-order valence-corrected chi connectivity index (χ2v) is 6.30. The molecule has 1 aliphatic rings. The summed E-state index contributed by atoms with van der Waals surface area (Å²) in [6.45, 7) is 8.96. The highest BCUT2D eigenvalue weighted by atomic mass is 16.2. The molecule has 25 heavy (non-hydrogen) atoms. The van der Waals surface area contributed by atoms with Crippen molar-refractivity contribution < 1.29 is 4.79 Å². The van der Waals surface area contributed by atoms with Gasteiger partial charge in [0.25, 0.3) is 0 Å². The lowest BCUT2D eigenvalue weighted by atomic mass is 10.2. The third-order valence-electron chi connectivity index (χ3n) is 4.70. The zero-order valence-electron chi connectivity index (χ0n) is 15.0. The van der Waals surface area contributed by atoms with E-state index in [-0.39, 0.29) is 6.03 Å². The van der Waals surface area contributed by atoms with E-state index < -0.39 is 0 Å². The number of anilines is 2. The summed E-state index contributed by atoms with van der Waals surface area (Å²) in [6.07, 6.45) is 6.20. The summed E-state index contributed by atoms with van der Waals surface area (Å²) in [6, 6.07) is 2.04. The lowest BCUT2D eigenvalue weighted by molar-refractivity contribution is 0.208. The van der Waals surface area contributed by atoms with Gasteiger partial charge in [-0.3, -0.25) is 4.68 Å². The van der Waals surface area contributed by atoms with Gasteiger partial charge >= 0.3 is 6.03 Å². The Morgan fingerprint density at radius 1 is 1.24 bits per heavy atom. The molecule has 0 bridgehead atoms. The Bertz CT molecular complexity index is 707. The fourth-order valence-corrected chi connectivity index (χ4v) is 2.92. The molecule has 3 rings (SSSR count). The second-order valence-electron chi connectivity index (χ2n) is 6.30. The van der Waals surface area contributed by atoms with E-state index in [4.69, 9.17) is 0 Å². The van der Waals surface area contributed by atoms with E-state index in [1.807, 2.05) is 16.5 Å². The number of urea groups is 1. The number of carbonyl (C=O) groups excluding carboxylic acids is 1. The van der Waals surface area contributed by atoms with Crippen LogP contribution in [0.5, 0.6) is 0 Å². The van der Waals surface area contributed by atoms with Crippen molar-refractivity contribution in [1.29, 1.82) is 0 Å². The minimum Gasteiger partial charge on any atom is -0.337 e. The summed E-state index contributed by atoms with van der Waals surface area (Å²) < 4.78 is 1.96. The number of nitrogens with zero attached hydrogens (tertiary/aromatic N) is 6. The van der Waals surface area contributed by atoms with Crippen LogP contribution in [0.2, 0.25) is 0 Å². The molecule has 1 fully saturated rings. The molecule has 1 aliphatic heterocycles. The van der Waals surface area contributed by atoms with Gasteiger partial charge in [0.1, 0.15) is 0 Å². The third kappa shape index (κ3) is 3.72. The van der Waals surface area contributed by atoms with Gasteiger partial charge < -0.3 is 15.1 Å². The van der Waals surface area contributed by atoms with E-state index in [1.165, 1.54) is 0 Å². The zero-order chi connectivity index (χ0) is 17.8. The van der Waals surface area contributed by atoms with Gasteiger partial charge in [-0.15, -0.1) is 0 Å². The average Bonchev–Trinajstić information content (AvgIpc) is 3.02. The molecule has 0 aromatic carbocycles. The third-order valence-corrected chi connectivity index (χ3v) is 4.70. The number of amides is 2. The van der Waals surface area contributed by atoms with Crippen LogP contribution in [0.4, 0.5) is 16.4 Å². The lowest BCUT2D eigenvalue weighted by Gasteiger charge is -2.34. The van der Waals surface area contributed by atoms with Crippen LogP contribution in [0.15, 0.2) is 24.7 Å². The van der Waals surface area contributed by atoms with E-state index in [9.17, 15) is 4.79 Å². The largest absolute Gasteiger partial charge is 0.337 e. The van der Waals surface area contributed by atoms with Crippen molar-refractivity contribution in [1.82, 2.24) is 24.6 Å². The highest BCUT2D eigenvalue weighted by molar-refractivity contribution is 5.89. The van der Waals surface area contributed by atoms with Crippen molar-refractivity contribution in [2.75, 3.05) is 36.4 Å². The number of hydrogen-bond donors (Lipinski definition) is 1. The molecule has 0 saturated carbocycles. The van der Waals surface area contributed by atoms with E-state index in [0.717, 1.165) is 30.9 Å². The molecule has 8 nitrogen and oxygen atoms in total. The van der Waals surface area contributed by atoms with E-state index in [2.05, 4.69) is 39.1 Å². The number of carbonyl (C=O) groups is 1. The Morgan fingerprint density at radius 3 is 2.56 bits per heavy atom. The first-order valence-electron chi connectivity index (χ1n) is 8.72.